The lowest BCUT2D eigenvalue weighted by Crippen LogP contribution is -2.53. The number of carbonyl (C=O) groups excluding carboxylic acids is 1. The summed E-state index contributed by atoms with van der Waals surface area (Å²) in [5.74, 6) is 0.899. The molecule has 0 aromatic heterocycles. The SMILES string of the molecule is CNCC(C)N1C(=O)CCCC1C(C)C. The third kappa shape index (κ3) is 2.94. The topological polar surface area (TPSA) is 32.3 Å². The second kappa shape index (κ2) is 5.50. The van der Waals surface area contributed by atoms with Crippen LogP contribution in [0.3, 0.4) is 0 Å². The molecule has 1 N–H and O–H groups in total. The first-order chi connectivity index (χ1) is 7.07. The van der Waals surface area contributed by atoms with Crippen LogP contribution in [0.5, 0.6) is 0 Å². The number of amides is 1. The number of nitrogens with zero attached hydrogens (tertiary/aromatic N) is 1. The molecule has 0 spiro atoms. The normalized spacial score (nSPS) is 24.7. The summed E-state index contributed by atoms with van der Waals surface area (Å²) in [4.78, 5) is 14.0. The summed E-state index contributed by atoms with van der Waals surface area (Å²) in [6.45, 7) is 7.44. The maximum atomic E-state index is 11.9. The summed E-state index contributed by atoms with van der Waals surface area (Å²) >= 11 is 0. The fourth-order valence-corrected chi connectivity index (χ4v) is 2.54. The maximum Gasteiger partial charge on any atom is 0.223 e. The van der Waals surface area contributed by atoms with Crippen LogP contribution in [0.25, 0.3) is 0 Å². The zero-order valence-corrected chi connectivity index (χ0v) is 10.4. The lowest BCUT2D eigenvalue weighted by atomic mass is 9.91. The smallest absolute Gasteiger partial charge is 0.223 e. The molecule has 1 heterocycles. The highest BCUT2D eigenvalue weighted by Gasteiger charge is 2.32. The van der Waals surface area contributed by atoms with E-state index in [4.69, 9.17) is 0 Å². The van der Waals surface area contributed by atoms with E-state index in [1.165, 1.54) is 0 Å². The van der Waals surface area contributed by atoms with Crippen molar-refractivity contribution in [2.24, 2.45) is 5.92 Å². The Bertz CT molecular complexity index is 216. The van der Waals surface area contributed by atoms with Gasteiger partial charge in [-0.3, -0.25) is 4.79 Å². The van der Waals surface area contributed by atoms with Gasteiger partial charge < -0.3 is 10.2 Å². The van der Waals surface area contributed by atoms with Gasteiger partial charge in [0.25, 0.3) is 0 Å². The van der Waals surface area contributed by atoms with E-state index in [0.717, 1.165) is 25.8 Å². The summed E-state index contributed by atoms with van der Waals surface area (Å²) in [5.41, 5.74) is 0. The van der Waals surface area contributed by atoms with Crippen LogP contribution in [0.2, 0.25) is 0 Å². The van der Waals surface area contributed by atoms with E-state index in [1.54, 1.807) is 0 Å². The molecule has 1 aliphatic heterocycles. The molecule has 1 aliphatic rings. The minimum atomic E-state index is 0.315. The van der Waals surface area contributed by atoms with Gasteiger partial charge in [0.1, 0.15) is 0 Å². The largest absolute Gasteiger partial charge is 0.335 e. The molecule has 88 valence electrons. The number of hydrogen-bond acceptors (Lipinski definition) is 2. The van der Waals surface area contributed by atoms with Crippen molar-refractivity contribution < 1.29 is 4.79 Å². The van der Waals surface area contributed by atoms with Crippen LogP contribution in [0.4, 0.5) is 0 Å². The molecule has 3 nitrogen and oxygen atoms in total. The van der Waals surface area contributed by atoms with Crippen molar-refractivity contribution in [1.82, 2.24) is 10.2 Å². The lowest BCUT2D eigenvalue weighted by molar-refractivity contribution is -0.140. The van der Waals surface area contributed by atoms with Crippen LogP contribution in [-0.2, 0) is 4.79 Å². The maximum absolute atomic E-state index is 11.9. The van der Waals surface area contributed by atoms with Crippen LogP contribution >= 0.6 is 0 Å². The molecule has 0 aromatic rings. The number of piperidine rings is 1. The zero-order valence-electron chi connectivity index (χ0n) is 10.4. The Morgan fingerprint density at radius 2 is 2.13 bits per heavy atom. The zero-order chi connectivity index (χ0) is 11.4. The number of rotatable bonds is 4. The molecule has 1 rings (SSSR count). The summed E-state index contributed by atoms with van der Waals surface area (Å²) in [7, 11) is 1.94. The molecule has 0 aliphatic carbocycles. The lowest BCUT2D eigenvalue weighted by Gasteiger charge is -2.42. The summed E-state index contributed by atoms with van der Waals surface area (Å²) in [5, 5.41) is 3.15. The first-order valence-corrected chi connectivity index (χ1v) is 6.03. The summed E-state index contributed by atoms with van der Waals surface area (Å²) in [6.07, 6.45) is 2.96. The highest BCUT2D eigenvalue weighted by Crippen LogP contribution is 2.25. The van der Waals surface area contributed by atoms with Gasteiger partial charge in [-0.1, -0.05) is 13.8 Å². The first-order valence-electron chi connectivity index (χ1n) is 6.03. The van der Waals surface area contributed by atoms with Crippen LogP contribution in [-0.4, -0.2) is 36.5 Å². The number of likely N-dealkylation sites (tertiary alicyclic amines) is 1. The van der Waals surface area contributed by atoms with Crippen LogP contribution in [0, 0.1) is 5.92 Å². The number of likely N-dealkylation sites (N-methyl/N-ethyl adjacent to an activating group) is 1. The predicted octanol–water partition coefficient (Wildman–Crippen LogP) is 1.63. The van der Waals surface area contributed by atoms with Gasteiger partial charge in [0, 0.05) is 25.0 Å². The molecular weight excluding hydrogens is 188 g/mol. The van der Waals surface area contributed by atoms with Gasteiger partial charge in [-0.15, -0.1) is 0 Å². The standard InChI is InChI=1S/C12H24N2O/c1-9(2)11-6-5-7-12(15)14(11)10(3)8-13-4/h9-11,13H,5-8H2,1-4H3. The third-order valence-electron chi connectivity index (χ3n) is 3.28. The van der Waals surface area contributed by atoms with E-state index >= 15 is 0 Å². The number of hydrogen-bond donors (Lipinski definition) is 1. The average molecular weight is 212 g/mol. The van der Waals surface area contributed by atoms with Crippen molar-refractivity contribution in [2.75, 3.05) is 13.6 Å². The Morgan fingerprint density at radius 3 is 2.67 bits per heavy atom. The quantitative estimate of drug-likeness (QED) is 0.768. The van der Waals surface area contributed by atoms with Gasteiger partial charge in [0.15, 0.2) is 0 Å². The summed E-state index contributed by atoms with van der Waals surface area (Å²) in [6, 6.07) is 0.754. The molecule has 2 atom stereocenters. The van der Waals surface area contributed by atoms with Gasteiger partial charge in [0.05, 0.1) is 0 Å². The Morgan fingerprint density at radius 1 is 1.47 bits per heavy atom. The predicted molar refractivity (Wildman–Crippen MR) is 62.7 cm³/mol. The second-order valence-electron chi connectivity index (χ2n) is 4.91. The Labute approximate surface area is 93.2 Å². The van der Waals surface area contributed by atoms with Crippen LogP contribution < -0.4 is 5.32 Å². The second-order valence-corrected chi connectivity index (χ2v) is 4.91. The third-order valence-corrected chi connectivity index (χ3v) is 3.28. The van der Waals surface area contributed by atoms with Gasteiger partial charge in [0.2, 0.25) is 5.91 Å². The minimum Gasteiger partial charge on any atom is -0.335 e. The molecule has 0 saturated carbocycles. The fourth-order valence-electron chi connectivity index (χ4n) is 2.54. The molecule has 0 radical (unpaired) electrons. The van der Waals surface area contributed by atoms with E-state index in [1.807, 2.05) is 7.05 Å². The van der Waals surface area contributed by atoms with Crippen molar-refractivity contribution in [3.63, 3.8) is 0 Å². The highest BCUT2D eigenvalue weighted by atomic mass is 16.2. The van der Waals surface area contributed by atoms with Gasteiger partial charge >= 0.3 is 0 Å². The molecule has 1 saturated heterocycles. The molecule has 1 fully saturated rings. The number of carbonyl (C=O) groups is 1. The Balaban J connectivity index is 2.72. The Kier molecular flexibility index (Phi) is 4.58. The van der Waals surface area contributed by atoms with Crippen molar-refractivity contribution in [3.8, 4) is 0 Å². The molecule has 2 unspecified atom stereocenters. The van der Waals surface area contributed by atoms with Crippen LogP contribution in [0.1, 0.15) is 40.0 Å². The molecular formula is C12H24N2O. The highest BCUT2D eigenvalue weighted by molar-refractivity contribution is 5.77. The van der Waals surface area contributed by atoms with E-state index in [9.17, 15) is 4.79 Å². The van der Waals surface area contributed by atoms with E-state index < -0.39 is 0 Å². The fraction of sp³-hybridized carbons (Fsp3) is 0.917. The van der Waals surface area contributed by atoms with Gasteiger partial charge in [-0.2, -0.15) is 0 Å². The molecule has 3 heteroatoms. The molecule has 0 aromatic carbocycles. The van der Waals surface area contributed by atoms with Gasteiger partial charge in [-0.05, 0) is 32.7 Å². The minimum absolute atomic E-state index is 0.315. The van der Waals surface area contributed by atoms with Crippen molar-refractivity contribution in [2.45, 2.75) is 52.1 Å². The molecule has 0 bridgehead atoms. The van der Waals surface area contributed by atoms with Crippen molar-refractivity contribution in [3.05, 3.63) is 0 Å². The number of nitrogens with one attached hydrogen (secondary N) is 1. The summed E-state index contributed by atoms with van der Waals surface area (Å²) < 4.78 is 0. The van der Waals surface area contributed by atoms with E-state index in [2.05, 4.69) is 31.0 Å². The van der Waals surface area contributed by atoms with E-state index in [-0.39, 0.29) is 0 Å². The van der Waals surface area contributed by atoms with Crippen molar-refractivity contribution in [1.29, 1.82) is 0 Å². The Hall–Kier alpha value is -0.570. The first kappa shape index (κ1) is 12.5. The van der Waals surface area contributed by atoms with Crippen LogP contribution in [0.15, 0.2) is 0 Å². The molecule has 15 heavy (non-hydrogen) atoms. The van der Waals surface area contributed by atoms with Crippen molar-refractivity contribution >= 4 is 5.91 Å². The van der Waals surface area contributed by atoms with E-state index in [0.29, 0.717) is 23.9 Å². The molecule has 1 amide bonds. The monoisotopic (exact) mass is 212 g/mol. The van der Waals surface area contributed by atoms with Gasteiger partial charge in [-0.25, -0.2) is 0 Å². The average Bonchev–Trinajstić information content (AvgIpc) is 2.17.